The van der Waals surface area contributed by atoms with Gasteiger partial charge in [-0.3, -0.25) is 9.20 Å². The van der Waals surface area contributed by atoms with Crippen LogP contribution in [0.25, 0.3) is 16.9 Å². The molecule has 1 amide bonds. The molecule has 0 radical (unpaired) electrons. The van der Waals surface area contributed by atoms with Crippen LogP contribution in [0.3, 0.4) is 0 Å². The van der Waals surface area contributed by atoms with Crippen molar-refractivity contribution in [3.63, 3.8) is 0 Å². The lowest BCUT2D eigenvalue weighted by molar-refractivity contribution is -0.137. The Morgan fingerprint density at radius 3 is 2.54 bits per heavy atom. The van der Waals surface area contributed by atoms with Crippen LogP contribution in [-0.2, 0) is 12.7 Å². The van der Waals surface area contributed by atoms with E-state index in [9.17, 15) is 22.4 Å². The number of rotatable bonds is 8. The molecule has 2 N–H and O–H groups in total. The number of amides is 1. The Bertz CT molecular complexity index is 1520. The second-order valence-corrected chi connectivity index (χ2v) is 9.75. The number of carbonyl (C=O) groups excluding carboxylic acids is 1. The van der Waals surface area contributed by atoms with E-state index in [0.717, 1.165) is 6.07 Å². The molecule has 2 heterocycles. The Labute approximate surface area is 228 Å². The lowest BCUT2D eigenvalue weighted by atomic mass is 10.1. The van der Waals surface area contributed by atoms with E-state index in [1.54, 1.807) is 48.6 Å². The molecule has 0 aliphatic rings. The monoisotopic (exact) mass is 562 g/mol. The summed E-state index contributed by atoms with van der Waals surface area (Å²) in [6, 6.07) is 12.8. The second kappa shape index (κ2) is 11.2. The normalized spacial score (nSPS) is 12.5. The van der Waals surface area contributed by atoms with Crippen LogP contribution >= 0.6 is 11.6 Å². The van der Waals surface area contributed by atoms with E-state index >= 15 is 0 Å². The number of hydrogen-bond donors (Lipinski definition) is 1. The highest BCUT2D eigenvalue weighted by Crippen LogP contribution is 2.36. The highest BCUT2D eigenvalue weighted by molar-refractivity contribution is 6.31. The molecule has 6 nitrogen and oxygen atoms in total. The number of alkyl halides is 3. The first kappa shape index (κ1) is 28.4. The van der Waals surface area contributed by atoms with Gasteiger partial charge in [0.25, 0.3) is 5.91 Å². The third kappa shape index (κ3) is 6.02. The quantitative estimate of drug-likeness (QED) is 0.249. The average molecular weight is 563 g/mol. The largest absolute Gasteiger partial charge is 0.482 e. The van der Waals surface area contributed by atoms with Gasteiger partial charge in [-0.1, -0.05) is 23.7 Å². The standard InChI is InChI=1S/C28H27ClF4N4O2/c1-16-13-19(8-10-22(16)30)26-25(35-23-5-4-6-24(39-3)37(23)26)27(38)36(12-11-17(2)34)15-18-7-9-20(21(29)14-18)28(31,32)33/h4-10,13-14,17H,11-12,15,34H2,1-3H3. The molecule has 1 unspecified atom stereocenters. The van der Waals surface area contributed by atoms with Crippen molar-refractivity contribution in [3.05, 3.63) is 87.8 Å². The summed E-state index contributed by atoms with van der Waals surface area (Å²) in [6.07, 6.45) is -4.17. The van der Waals surface area contributed by atoms with Crippen molar-refractivity contribution in [2.45, 2.75) is 39.0 Å². The number of imidazole rings is 1. The Balaban J connectivity index is 1.83. The first-order chi connectivity index (χ1) is 18.4. The maximum absolute atomic E-state index is 14.1. The highest BCUT2D eigenvalue weighted by Gasteiger charge is 2.33. The fourth-order valence-corrected chi connectivity index (χ4v) is 4.61. The van der Waals surface area contributed by atoms with Crippen LogP contribution in [-0.4, -0.2) is 39.9 Å². The first-order valence-corrected chi connectivity index (χ1v) is 12.5. The third-order valence-corrected chi connectivity index (χ3v) is 6.62. The number of ether oxygens (including phenoxy) is 1. The van der Waals surface area contributed by atoms with Crippen molar-refractivity contribution in [1.29, 1.82) is 0 Å². The maximum Gasteiger partial charge on any atom is 0.417 e. The molecular weight excluding hydrogens is 536 g/mol. The van der Waals surface area contributed by atoms with Gasteiger partial charge in [-0.05, 0) is 73.9 Å². The Kier molecular flexibility index (Phi) is 8.17. The van der Waals surface area contributed by atoms with Gasteiger partial charge in [0.15, 0.2) is 11.6 Å². The number of carbonyl (C=O) groups is 1. The van der Waals surface area contributed by atoms with Gasteiger partial charge >= 0.3 is 6.18 Å². The molecule has 11 heteroatoms. The number of halogens is 5. The number of pyridine rings is 1. The fraction of sp³-hybridized carbons (Fsp3) is 0.286. The summed E-state index contributed by atoms with van der Waals surface area (Å²) >= 11 is 5.94. The topological polar surface area (TPSA) is 72.9 Å². The van der Waals surface area contributed by atoms with Crippen molar-refractivity contribution in [2.75, 3.05) is 13.7 Å². The second-order valence-electron chi connectivity index (χ2n) is 9.34. The van der Waals surface area contributed by atoms with Crippen LogP contribution in [0.15, 0.2) is 54.6 Å². The fourth-order valence-electron chi connectivity index (χ4n) is 4.30. The van der Waals surface area contributed by atoms with E-state index in [0.29, 0.717) is 40.3 Å². The van der Waals surface area contributed by atoms with Gasteiger partial charge < -0.3 is 15.4 Å². The predicted octanol–water partition coefficient (Wildman–Crippen LogP) is 6.51. The van der Waals surface area contributed by atoms with Crippen molar-refractivity contribution in [1.82, 2.24) is 14.3 Å². The molecule has 4 rings (SSSR count). The van der Waals surface area contributed by atoms with Crippen LogP contribution in [0.1, 0.15) is 40.5 Å². The molecule has 0 aliphatic carbocycles. The van der Waals surface area contributed by atoms with Crippen molar-refractivity contribution >= 4 is 23.2 Å². The van der Waals surface area contributed by atoms with E-state index in [-0.39, 0.29) is 24.8 Å². The molecule has 0 saturated carbocycles. The van der Waals surface area contributed by atoms with Gasteiger partial charge in [0.05, 0.1) is 23.4 Å². The molecule has 1 atom stereocenters. The average Bonchev–Trinajstić information content (AvgIpc) is 3.26. The lowest BCUT2D eigenvalue weighted by Gasteiger charge is -2.24. The number of nitrogens with zero attached hydrogens (tertiary/aromatic N) is 3. The number of hydrogen-bond acceptors (Lipinski definition) is 4. The Morgan fingerprint density at radius 2 is 1.92 bits per heavy atom. The zero-order chi connectivity index (χ0) is 28.5. The van der Waals surface area contributed by atoms with Crippen LogP contribution in [0, 0.1) is 12.7 Å². The van der Waals surface area contributed by atoms with Crippen LogP contribution in [0.4, 0.5) is 17.6 Å². The van der Waals surface area contributed by atoms with Gasteiger partial charge in [0.2, 0.25) is 0 Å². The number of methoxy groups -OCH3 is 1. The summed E-state index contributed by atoms with van der Waals surface area (Å²) < 4.78 is 61.0. The third-order valence-electron chi connectivity index (χ3n) is 6.30. The summed E-state index contributed by atoms with van der Waals surface area (Å²) in [4.78, 5) is 20.1. The van der Waals surface area contributed by atoms with Crippen LogP contribution in [0.5, 0.6) is 5.88 Å². The number of fused-ring (bicyclic) bond motifs is 1. The molecule has 0 saturated heterocycles. The molecule has 2 aromatic carbocycles. The summed E-state index contributed by atoms with van der Waals surface area (Å²) in [5.74, 6) is -0.466. The summed E-state index contributed by atoms with van der Waals surface area (Å²) in [6.45, 7) is 3.59. The van der Waals surface area contributed by atoms with Gasteiger partial charge in [0.1, 0.15) is 11.5 Å². The van der Waals surface area contributed by atoms with Crippen molar-refractivity contribution in [3.8, 4) is 17.1 Å². The minimum Gasteiger partial charge on any atom is -0.482 e. The Hall–Kier alpha value is -3.63. The molecule has 2 aromatic heterocycles. The van der Waals surface area contributed by atoms with E-state index in [1.807, 2.05) is 0 Å². The molecule has 206 valence electrons. The van der Waals surface area contributed by atoms with Crippen molar-refractivity contribution in [2.24, 2.45) is 5.73 Å². The lowest BCUT2D eigenvalue weighted by Crippen LogP contribution is -2.34. The number of aryl methyl sites for hydroxylation is 1. The summed E-state index contributed by atoms with van der Waals surface area (Å²) in [5, 5.41) is -0.459. The van der Waals surface area contributed by atoms with Gasteiger partial charge in [0, 0.05) is 24.7 Å². The molecule has 0 bridgehead atoms. The summed E-state index contributed by atoms with van der Waals surface area (Å²) in [7, 11) is 1.49. The minimum absolute atomic E-state index is 0.0314. The molecule has 39 heavy (non-hydrogen) atoms. The predicted molar refractivity (Wildman–Crippen MR) is 141 cm³/mol. The molecule has 0 spiro atoms. The SMILES string of the molecule is COc1cccc2nc(C(=O)N(CCC(C)N)Cc3ccc(C(F)(F)F)c(Cl)c3)c(-c3ccc(F)c(C)c3)n12. The van der Waals surface area contributed by atoms with Crippen molar-refractivity contribution < 1.29 is 27.1 Å². The number of nitrogens with two attached hydrogens (primary N) is 1. The first-order valence-electron chi connectivity index (χ1n) is 12.1. The molecular formula is C28H27ClF4N4O2. The van der Waals surface area contributed by atoms with Gasteiger partial charge in [-0.25, -0.2) is 9.37 Å². The minimum atomic E-state index is -4.60. The molecule has 4 aromatic rings. The van der Waals surface area contributed by atoms with Gasteiger partial charge in [-0.15, -0.1) is 0 Å². The van der Waals surface area contributed by atoms with Crippen LogP contribution < -0.4 is 10.5 Å². The van der Waals surface area contributed by atoms with E-state index in [2.05, 4.69) is 4.98 Å². The Morgan fingerprint density at radius 1 is 1.18 bits per heavy atom. The number of benzene rings is 2. The zero-order valence-corrected chi connectivity index (χ0v) is 22.3. The highest BCUT2D eigenvalue weighted by atomic mass is 35.5. The summed E-state index contributed by atoms with van der Waals surface area (Å²) in [5.41, 5.74) is 7.23. The zero-order valence-electron chi connectivity index (χ0n) is 21.5. The van der Waals surface area contributed by atoms with Crippen LogP contribution in [0.2, 0.25) is 5.02 Å². The number of aromatic nitrogens is 2. The molecule has 0 fully saturated rings. The smallest absolute Gasteiger partial charge is 0.417 e. The molecule has 0 aliphatic heterocycles. The van der Waals surface area contributed by atoms with E-state index < -0.39 is 28.5 Å². The van der Waals surface area contributed by atoms with E-state index in [4.69, 9.17) is 22.1 Å². The van der Waals surface area contributed by atoms with E-state index in [1.165, 1.54) is 30.2 Å². The van der Waals surface area contributed by atoms with Gasteiger partial charge in [-0.2, -0.15) is 13.2 Å². The maximum atomic E-state index is 14.1.